The molecule has 1 aliphatic heterocycles. The van der Waals surface area contributed by atoms with Gasteiger partial charge in [-0.25, -0.2) is 4.98 Å². The van der Waals surface area contributed by atoms with Crippen molar-refractivity contribution in [1.82, 2.24) is 15.0 Å². The van der Waals surface area contributed by atoms with Crippen LogP contribution in [0.2, 0.25) is 0 Å². The van der Waals surface area contributed by atoms with Crippen LogP contribution in [0.3, 0.4) is 0 Å². The molecule has 2 aromatic heterocycles. The standard InChI is InChI=1S/C19H20N4O2S/c1-10(2)26-19-22-17-16(18(25)23-19)14(11-5-4-8-20-9-11)15-12(21-17)6-3-7-13(15)24/h4-5,8-10,14H,3,6-7H2,1-2H3,(H2,21,22,23,25)/t14-/m0/s1. The second kappa shape index (κ2) is 6.72. The van der Waals surface area contributed by atoms with Gasteiger partial charge in [-0.15, -0.1) is 0 Å². The highest BCUT2D eigenvalue weighted by molar-refractivity contribution is 7.99. The molecule has 0 spiro atoms. The number of H-pyrrole nitrogens is 1. The zero-order chi connectivity index (χ0) is 18.3. The molecule has 0 aromatic carbocycles. The summed E-state index contributed by atoms with van der Waals surface area (Å²) in [6, 6.07) is 3.74. The molecule has 1 aliphatic carbocycles. The zero-order valence-electron chi connectivity index (χ0n) is 14.7. The summed E-state index contributed by atoms with van der Waals surface area (Å²) in [5.41, 5.74) is 2.72. The van der Waals surface area contributed by atoms with Crippen LogP contribution in [0.4, 0.5) is 5.82 Å². The third-order valence-corrected chi connectivity index (χ3v) is 5.49. The first-order chi connectivity index (χ1) is 12.5. The average molecular weight is 368 g/mol. The van der Waals surface area contributed by atoms with Crippen molar-refractivity contribution in [2.45, 2.75) is 49.4 Å². The number of pyridine rings is 1. The Balaban J connectivity index is 1.92. The molecule has 0 saturated heterocycles. The van der Waals surface area contributed by atoms with Crippen LogP contribution in [-0.4, -0.2) is 26.0 Å². The molecule has 2 N–H and O–H groups in total. The van der Waals surface area contributed by atoms with E-state index in [9.17, 15) is 9.59 Å². The second-order valence-electron chi connectivity index (χ2n) is 6.81. The highest BCUT2D eigenvalue weighted by Crippen LogP contribution is 2.43. The fraction of sp³-hybridized carbons (Fsp3) is 0.368. The molecule has 2 aromatic rings. The van der Waals surface area contributed by atoms with Crippen molar-refractivity contribution < 1.29 is 4.79 Å². The Kier molecular flexibility index (Phi) is 4.40. The first-order valence-corrected chi connectivity index (χ1v) is 9.66. The van der Waals surface area contributed by atoms with Gasteiger partial charge in [-0.05, 0) is 24.5 Å². The number of aromatic amines is 1. The molecule has 7 heteroatoms. The van der Waals surface area contributed by atoms with Crippen molar-refractivity contribution in [3.63, 3.8) is 0 Å². The van der Waals surface area contributed by atoms with Crippen LogP contribution in [0, 0.1) is 0 Å². The SMILES string of the molecule is CC(C)Sc1nc2c(c(=O)[nH]1)[C@@H](c1cccnc1)C1=C(CCCC1=O)N2. The molecule has 0 unspecified atom stereocenters. The van der Waals surface area contributed by atoms with E-state index in [0.29, 0.717) is 33.8 Å². The number of nitrogens with one attached hydrogen (secondary N) is 2. The summed E-state index contributed by atoms with van der Waals surface area (Å²) >= 11 is 1.51. The molecule has 134 valence electrons. The lowest BCUT2D eigenvalue weighted by atomic mass is 9.77. The van der Waals surface area contributed by atoms with Gasteiger partial charge >= 0.3 is 0 Å². The van der Waals surface area contributed by atoms with Crippen molar-refractivity contribution in [3.05, 3.63) is 57.3 Å². The molecule has 0 fully saturated rings. The van der Waals surface area contributed by atoms with Crippen LogP contribution < -0.4 is 10.9 Å². The number of hydrogen-bond acceptors (Lipinski definition) is 6. The first-order valence-electron chi connectivity index (χ1n) is 8.78. The van der Waals surface area contributed by atoms with E-state index in [2.05, 4.69) is 34.1 Å². The minimum absolute atomic E-state index is 0.0956. The van der Waals surface area contributed by atoms with Crippen LogP contribution in [-0.2, 0) is 4.79 Å². The number of aromatic nitrogens is 3. The van der Waals surface area contributed by atoms with E-state index in [4.69, 9.17) is 0 Å². The van der Waals surface area contributed by atoms with Crippen molar-refractivity contribution >= 4 is 23.4 Å². The summed E-state index contributed by atoms with van der Waals surface area (Å²) in [4.78, 5) is 37.3. The molecule has 0 radical (unpaired) electrons. The Hall–Kier alpha value is -2.41. The smallest absolute Gasteiger partial charge is 0.257 e. The van der Waals surface area contributed by atoms with E-state index in [1.54, 1.807) is 12.4 Å². The van der Waals surface area contributed by atoms with Gasteiger partial charge in [0.1, 0.15) is 5.82 Å². The van der Waals surface area contributed by atoms with Crippen LogP contribution in [0.1, 0.15) is 50.2 Å². The van der Waals surface area contributed by atoms with Gasteiger partial charge in [0.2, 0.25) is 0 Å². The number of carbonyl (C=O) groups excluding carboxylic acids is 1. The Labute approximate surface area is 155 Å². The molecule has 26 heavy (non-hydrogen) atoms. The number of nitrogens with zero attached hydrogens (tertiary/aromatic N) is 2. The Morgan fingerprint density at radius 1 is 1.27 bits per heavy atom. The van der Waals surface area contributed by atoms with Crippen LogP contribution in [0.5, 0.6) is 0 Å². The number of Topliss-reactive ketones (excluding diaryl/α,β-unsaturated/α-hetero) is 1. The fourth-order valence-corrected chi connectivity index (χ4v) is 4.34. The maximum Gasteiger partial charge on any atom is 0.257 e. The van der Waals surface area contributed by atoms with Crippen molar-refractivity contribution in [2.75, 3.05) is 5.32 Å². The Morgan fingerprint density at radius 2 is 2.12 bits per heavy atom. The van der Waals surface area contributed by atoms with Gasteiger partial charge < -0.3 is 10.3 Å². The molecule has 2 aliphatic rings. The van der Waals surface area contributed by atoms with E-state index in [1.807, 2.05) is 12.1 Å². The fourth-order valence-electron chi connectivity index (χ4n) is 3.60. The molecule has 6 nitrogen and oxygen atoms in total. The van der Waals surface area contributed by atoms with E-state index < -0.39 is 5.92 Å². The highest BCUT2D eigenvalue weighted by Gasteiger charge is 2.37. The van der Waals surface area contributed by atoms with E-state index in [0.717, 1.165) is 24.1 Å². The topological polar surface area (TPSA) is 87.7 Å². The monoisotopic (exact) mass is 368 g/mol. The highest BCUT2D eigenvalue weighted by atomic mass is 32.2. The van der Waals surface area contributed by atoms with Gasteiger partial charge in [-0.2, -0.15) is 0 Å². The number of thioether (sulfide) groups is 1. The minimum atomic E-state index is -0.419. The summed E-state index contributed by atoms with van der Waals surface area (Å²) in [7, 11) is 0. The molecule has 0 bridgehead atoms. The second-order valence-corrected chi connectivity index (χ2v) is 8.38. The Morgan fingerprint density at radius 3 is 2.85 bits per heavy atom. The lowest BCUT2D eigenvalue weighted by Gasteiger charge is -2.32. The first kappa shape index (κ1) is 17.0. The predicted octanol–water partition coefficient (Wildman–Crippen LogP) is 3.23. The number of anilines is 1. The summed E-state index contributed by atoms with van der Waals surface area (Å²) < 4.78 is 0. The molecular formula is C19H20N4O2S. The van der Waals surface area contributed by atoms with Gasteiger partial charge in [-0.1, -0.05) is 31.7 Å². The molecule has 1 atom stereocenters. The summed E-state index contributed by atoms with van der Waals surface area (Å²) in [6.07, 6.45) is 5.53. The van der Waals surface area contributed by atoms with Gasteiger partial charge in [0.05, 0.1) is 5.56 Å². The third-order valence-electron chi connectivity index (χ3n) is 4.60. The average Bonchev–Trinajstić information content (AvgIpc) is 2.60. The zero-order valence-corrected chi connectivity index (χ0v) is 15.5. The predicted molar refractivity (Wildman–Crippen MR) is 101 cm³/mol. The molecule has 4 rings (SSSR count). The number of fused-ring (bicyclic) bond motifs is 1. The molecule has 0 saturated carbocycles. The molecule has 3 heterocycles. The van der Waals surface area contributed by atoms with Crippen molar-refractivity contribution in [1.29, 1.82) is 0 Å². The van der Waals surface area contributed by atoms with Crippen molar-refractivity contribution in [2.24, 2.45) is 0 Å². The number of hydrogen-bond donors (Lipinski definition) is 2. The normalized spacial score (nSPS) is 19.2. The van der Waals surface area contributed by atoms with Gasteiger partial charge in [0.25, 0.3) is 5.56 Å². The summed E-state index contributed by atoms with van der Waals surface area (Å²) in [5, 5.41) is 4.17. The van der Waals surface area contributed by atoms with Gasteiger partial charge in [-0.3, -0.25) is 14.6 Å². The minimum Gasteiger partial charge on any atom is -0.343 e. The van der Waals surface area contributed by atoms with Gasteiger partial charge in [0.15, 0.2) is 10.9 Å². The molecule has 0 amide bonds. The van der Waals surface area contributed by atoms with Gasteiger partial charge in [0, 0.05) is 41.3 Å². The number of allylic oxidation sites excluding steroid dienone is 2. The third kappa shape index (κ3) is 2.96. The van der Waals surface area contributed by atoms with E-state index >= 15 is 0 Å². The summed E-state index contributed by atoms with van der Waals surface area (Å²) in [6.45, 7) is 4.10. The van der Waals surface area contributed by atoms with Crippen LogP contribution >= 0.6 is 11.8 Å². The lowest BCUT2D eigenvalue weighted by molar-refractivity contribution is -0.116. The summed E-state index contributed by atoms with van der Waals surface area (Å²) in [5.74, 6) is 0.231. The largest absolute Gasteiger partial charge is 0.343 e. The quantitative estimate of drug-likeness (QED) is 0.639. The van der Waals surface area contributed by atoms with Crippen molar-refractivity contribution in [3.8, 4) is 0 Å². The van der Waals surface area contributed by atoms with Crippen LogP contribution in [0.15, 0.2) is 45.7 Å². The number of rotatable bonds is 3. The number of carbonyl (C=O) groups is 1. The van der Waals surface area contributed by atoms with E-state index in [1.165, 1.54) is 11.8 Å². The number of ketones is 1. The van der Waals surface area contributed by atoms with Crippen LogP contribution in [0.25, 0.3) is 0 Å². The maximum absolute atomic E-state index is 12.9. The van der Waals surface area contributed by atoms with E-state index in [-0.39, 0.29) is 11.3 Å². The Bertz CT molecular complexity index is 950. The molecular weight excluding hydrogens is 348 g/mol. The maximum atomic E-state index is 12.9. The lowest BCUT2D eigenvalue weighted by Crippen LogP contribution is -2.32.